The molecule has 1 atom stereocenters. The summed E-state index contributed by atoms with van der Waals surface area (Å²) in [5.41, 5.74) is 2.34. The predicted octanol–water partition coefficient (Wildman–Crippen LogP) is 3.30. The van der Waals surface area contributed by atoms with Gasteiger partial charge in [-0.25, -0.2) is 4.98 Å². The van der Waals surface area contributed by atoms with Gasteiger partial charge in [-0.15, -0.1) is 0 Å². The van der Waals surface area contributed by atoms with Crippen LogP contribution < -0.4 is 10.6 Å². The number of hydrogen-bond donors (Lipinski definition) is 2. The van der Waals surface area contributed by atoms with Crippen LogP contribution in [0, 0.1) is 0 Å². The van der Waals surface area contributed by atoms with E-state index >= 15 is 0 Å². The number of nitrogens with one attached hydrogen (secondary N) is 2. The Morgan fingerprint density at radius 2 is 1.88 bits per heavy atom. The smallest absolute Gasteiger partial charge is 0.127 e. The molecule has 2 rings (SSSR count). The molecule has 1 aromatic carbocycles. The zero-order chi connectivity index (χ0) is 12.1. The number of anilines is 2. The van der Waals surface area contributed by atoms with Gasteiger partial charge in [-0.05, 0) is 18.6 Å². The molecule has 0 aliphatic carbocycles. The van der Waals surface area contributed by atoms with Gasteiger partial charge in [0, 0.05) is 31.0 Å². The SMILES string of the molecule is CNc1cc(NC(C)c2ccccc2)ccn1. The minimum absolute atomic E-state index is 0.281. The second-order valence-electron chi connectivity index (χ2n) is 3.96. The molecule has 3 heteroatoms. The van der Waals surface area contributed by atoms with E-state index in [-0.39, 0.29) is 6.04 Å². The van der Waals surface area contributed by atoms with E-state index < -0.39 is 0 Å². The van der Waals surface area contributed by atoms with Crippen molar-refractivity contribution in [2.45, 2.75) is 13.0 Å². The van der Waals surface area contributed by atoms with Crippen LogP contribution in [0.3, 0.4) is 0 Å². The molecular weight excluding hydrogens is 210 g/mol. The van der Waals surface area contributed by atoms with Crippen molar-refractivity contribution in [1.29, 1.82) is 0 Å². The lowest BCUT2D eigenvalue weighted by molar-refractivity contribution is 0.884. The van der Waals surface area contributed by atoms with Crippen LogP contribution in [0.5, 0.6) is 0 Å². The van der Waals surface area contributed by atoms with E-state index in [4.69, 9.17) is 0 Å². The first kappa shape index (κ1) is 11.5. The molecule has 0 fully saturated rings. The summed E-state index contributed by atoms with van der Waals surface area (Å²) < 4.78 is 0. The minimum Gasteiger partial charge on any atom is -0.378 e. The van der Waals surface area contributed by atoms with Gasteiger partial charge in [0.25, 0.3) is 0 Å². The van der Waals surface area contributed by atoms with Crippen LogP contribution in [0.4, 0.5) is 11.5 Å². The van der Waals surface area contributed by atoms with Crippen LogP contribution >= 0.6 is 0 Å². The monoisotopic (exact) mass is 227 g/mol. The Hall–Kier alpha value is -2.03. The van der Waals surface area contributed by atoms with Crippen LogP contribution in [0.2, 0.25) is 0 Å². The van der Waals surface area contributed by atoms with Crippen LogP contribution in [0.15, 0.2) is 48.7 Å². The van der Waals surface area contributed by atoms with E-state index in [0.29, 0.717) is 0 Å². The molecule has 0 amide bonds. The lowest BCUT2D eigenvalue weighted by atomic mass is 10.1. The molecule has 2 aromatic rings. The molecule has 1 aromatic heterocycles. The Kier molecular flexibility index (Phi) is 3.60. The molecule has 0 bridgehead atoms. The van der Waals surface area contributed by atoms with Crippen molar-refractivity contribution >= 4 is 11.5 Å². The summed E-state index contributed by atoms with van der Waals surface area (Å²) in [4.78, 5) is 4.19. The summed E-state index contributed by atoms with van der Waals surface area (Å²) in [5.74, 6) is 0.871. The molecule has 17 heavy (non-hydrogen) atoms. The third-order valence-electron chi connectivity index (χ3n) is 2.70. The summed E-state index contributed by atoms with van der Waals surface area (Å²) in [6.07, 6.45) is 1.80. The van der Waals surface area contributed by atoms with Crippen molar-refractivity contribution in [3.8, 4) is 0 Å². The Bertz CT molecular complexity index is 468. The first-order chi connectivity index (χ1) is 8.29. The molecule has 2 N–H and O–H groups in total. The van der Waals surface area contributed by atoms with Gasteiger partial charge in [-0.2, -0.15) is 0 Å². The van der Waals surface area contributed by atoms with E-state index in [9.17, 15) is 0 Å². The van der Waals surface area contributed by atoms with Crippen LogP contribution in [0.1, 0.15) is 18.5 Å². The molecular formula is C14H17N3. The fraction of sp³-hybridized carbons (Fsp3) is 0.214. The molecule has 1 unspecified atom stereocenters. The molecule has 0 aliphatic heterocycles. The second-order valence-corrected chi connectivity index (χ2v) is 3.96. The lowest BCUT2D eigenvalue weighted by Crippen LogP contribution is -2.06. The molecule has 0 radical (unpaired) electrons. The molecule has 3 nitrogen and oxygen atoms in total. The van der Waals surface area contributed by atoms with Gasteiger partial charge >= 0.3 is 0 Å². The Labute approximate surface area is 102 Å². The third-order valence-corrected chi connectivity index (χ3v) is 2.70. The van der Waals surface area contributed by atoms with Crippen LogP contribution in [-0.4, -0.2) is 12.0 Å². The zero-order valence-electron chi connectivity index (χ0n) is 10.1. The summed E-state index contributed by atoms with van der Waals surface area (Å²) in [6.45, 7) is 2.15. The van der Waals surface area contributed by atoms with Crippen molar-refractivity contribution in [1.82, 2.24) is 4.98 Å². The number of hydrogen-bond acceptors (Lipinski definition) is 3. The van der Waals surface area contributed by atoms with Crippen molar-refractivity contribution in [3.63, 3.8) is 0 Å². The van der Waals surface area contributed by atoms with Gasteiger partial charge in [0.15, 0.2) is 0 Å². The van der Waals surface area contributed by atoms with Gasteiger partial charge in [-0.1, -0.05) is 30.3 Å². The fourth-order valence-corrected chi connectivity index (χ4v) is 1.73. The summed E-state index contributed by atoms with van der Waals surface area (Å²) in [6, 6.07) is 14.6. The van der Waals surface area contributed by atoms with Crippen molar-refractivity contribution < 1.29 is 0 Å². The standard InChI is InChI=1S/C14H17N3/c1-11(12-6-4-3-5-7-12)17-13-8-9-16-14(10-13)15-2/h3-11H,1-2H3,(H2,15,16,17). The van der Waals surface area contributed by atoms with E-state index in [1.165, 1.54) is 5.56 Å². The average molecular weight is 227 g/mol. The summed E-state index contributed by atoms with van der Waals surface area (Å²) in [5, 5.41) is 6.48. The van der Waals surface area contributed by atoms with Crippen LogP contribution in [0.25, 0.3) is 0 Å². The molecule has 0 spiro atoms. The maximum absolute atomic E-state index is 4.19. The highest BCUT2D eigenvalue weighted by molar-refractivity contribution is 5.52. The Balaban J connectivity index is 2.10. The van der Waals surface area contributed by atoms with Crippen molar-refractivity contribution in [2.24, 2.45) is 0 Å². The number of aromatic nitrogens is 1. The first-order valence-corrected chi connectivity index (χ1v) is 5.75. The average Bonchev–Trinajstić information content (AvgIpc) is 2.40. The number of pyridine rings is 1. The summed E-state index contributed by atoms with van der Waals surface area (Å²) in [7, 11) is 1.87. The quantitative estimate of drug-likeness (QED) is 0.841. The highest BCUT2D eigenvalue weighted by atomic mass is 15.0. The highest BCUT2D eigenvalue weighted by Crippen LogP contribution is 2.19. The van der Waals surface area contributed by atoms with Crippen molar-refractivity contribution in [3.05, 3.63) is 54.2 Å². The normalized spacial score (nSPS) is 11.9. The third kappa shape index (κ3) is 2.97. The van der Waals surface area contributed by atoms with E-state index in [1.807, 2.05) is 25.2 Å². The fourth-order valence-electron chi connectivity index (χ4n) is 1.73. The molecule has 0 aliphatic rings. The van der Waals surface area contributed by atoms with Crippen LogP contribution in [-0.2, 0) is 0 Å². The molecule has 0 saturated heterocycles. The zero-order valence-corrected chi connectivity index (χ0v) is 10.1. The first-order valence-electron chi connectivity index (χ1n) is 5.75. The van der Waals surface area contributed by atoms with Gasteiger partial charge in [-0.3, -0.25) is 0 Å². The summed E-state index contributed by atoms with van der Waals surface area (Å²) >= 11 is 0. The van der Waals surface area contributed by atoms with E-state index in [1.54, 1.807) is 6.20 Å². The maximum Gasteiger partial charge on any atom is 0.127 e. The predicted molar refractivity (Wildman–Crippen MR) is 72.3 cm³/mol. The largest absolute Gasteiger partial charge is 0.378 e. The molecule has 0 saturated carbocycles. The number of rotatable bonds is 4. The maximum atomic E-state index is 4.19. The topological polar surface area (TPSA) is 37.0 Å². The van der Waals surface area contributed by atoms with Crippen molar-refractivity contribution in [2.75, 3.05) is 17.7 Å². The van der Waals surface area contributed by atoms with Gasteiger partial charge in [0.05, 0.1) is 0 Å². The number of nitrogens with zero attached hydrogens (tertiary/aromatic N) is 1. The Morgan fingerprint density at radius 3 is 2.59 bits per heavy atom. The van der Waals surface area contributed by atoms with Gasteiger partial charge in [0.2, 0.25) is 0 Å². The minimum atomic E-state index is 0.281. The number of benzene rings is 1. The molecule has 1 heterocycles. The lowest BCUT2D eigenvalue weighted by Gasteiger charge is -2.16. The second kappa shape index (κ2) is 5.34. The van der Waals surface area contributed by atoms with Gasteiger partial charge in [0.1, 0.15) is 5.82 Å². The molecule has 88 valence electrons. The van der Waals surface area contributed by atoms with E-state index in [0.717, 1.165) is 11.5 Å². The Morgan fingerprint density at radius 1 is 1.12 bits per heavy atom. The van der Waals surface area contributed by atoms with E-state index in [2.05, 4.69) is 46.8 Å². The highest BCUT2D eigenvalue weighted by Gasteiger charge is 2.04. The van der Waals surface area contributed by atoms with Gasteiger partial charge < -0.3 is 10.6 Å².